The fourth-order valence-corrected chi connectivity index (χ4v) is 5.88. The molecule has 7 nitrogen and oxygen atoms in total. The average molecular weight is 403 g/mol. The lowest BCUT2D eigenvalue weighted by atomic mass is 9.52. The second-order valence-corrected chi connectivity index (χ2v) is 10.3. The van der Waals surface area contributed by atoms with Gasteiger partial charge in [0.25, 0.3) is 0 Å². The van der Waals surface area contributed by atoms with Gasteiger partial charge in [0.2, 0.25) is 0 Å². The molecule has 3 rings (SSSR count). The number of fused-ring (bicyclic) bond motifs is 1. The lowest BCUT2D eigenvalue weighted by Gasteiger charge is -2.56. The molecular weight excluding hydrogens is 364 g/mol. The van der Waals surface area contributed by atoms with Gasteiger partial charge in [-0.25, -0.2) is 0 Å². The van der Waals surface area contributed by atoms with Crippen LogP contribution in [0.1, 0.15) is 66.2 Å². The van der Waals surface area contributed by atoms with Gasteiger partial charge in [0.05, 0.1) is 17.8 Å². The first-order chi connectivity index (χ1) is 12.9. The van der Waals surface area contributed by atoms with E-state index in [-0.39, 0.29) is 17.3 Å². The van der Waals surface area contributed by atoms with E-state index < -0.39 is 48.5 Å². The summed E-state index contributed by atoms with van der Waals surface area (Å²) >= 11 is 0. The minimum Gasteiger partial charge on any atom is -0.394 e. The quantitative estimate of drug-likeness (QED) is 0.475. The molecule has 3 aliphatic rings. The van der Waals surface area contributed by atoms with Crippen molar-refractivity contribution in [3.8, 4) is 0 Å². The smallest absolute Gasteiger partial charge is 0.187 e. The van der Waals surface area contributed by atoms with Gasteiger partial charge in [-0.3, -0.25) is 0 Å². The summed E-state index contributed by atoms with van der Waals surface area (Å²) in [5.41, 5.74) is -1.22. The predicted octanol–water partition coefficient (Wildman–Crippen LogP) is 0.939. The summed E-state index contributed by atoms with van der Waals surface area (Å²) in [4.78, 5) is 0. The van der Waals surface area contributed by atoms with Crippen LogP contribution in [0.2, 0.25) is 0 Å². The van der Waals surface area contributed by atoms with E-state index in [0.717, 1.165) is 38.5 Å². The fourth-order valence-electron chi connectivity index (χ4n) is 5.88. The third kappa shape index (κ3) is 4.00. The summed E-state index contributed by atoms with van der Waals surface area (Å²) in [6.07, 6.45) is -0.558. The zero-order valence-corrected chi connectivity index (χ0v) is 17.5. The third-order valence-corrected chi connectivity index (χ3v) is 7.86. The Kier molecular flexibility index (Phi) is 6.21. The van der Waals surface area contributed by atoms with Crippen LogP contribution in [0.3, 0.4) is 0 Å². The molecule has 0 radical (unpaired) electrons. The van der Waals surface area contributed by atoms with Crippen LogP contribution in [0.4, 0.5) is 0 Å². The molecule has 0 spiro atoms. The predicted molar refractivity (Wildman–Crippen MR) is 102 cm³/mol. The summed E-state index contributed by atoms with van der Waals surface area (Å²) in [6, 6.07) is 0. The summed E-state index contributed by atoms with van der Waals surface area (Å²) in [5, 5.41) is 50.7. The van der Waals surface area contributed by atoms with Crippen molar-refractivity contribution >= 4 is 0 Å². The summed E-state index contributed by atoms with van der Waals surface area (Å²) in [6.45, 7) is 7.65. The monoisotopic (exact) mass is 402 g/mol. The van der Waals surface area contributed by atoms with Crippen LogP contribution in [0.5, 0.6) is 0 Å². The molecule has 0 aromatic rings. The Labute approximate surface area is 167 Å². The van der Waals surface area contributed by atoms with Gasteiger partial charge < -0.3 is 35.0 Å². The Bertz CT molecular complexity index is 549. The summed E-state index contributed by atoms with van der Waals surface area (Å²) in [7, 11) is 0. The van der Waals surface area contributed by atoms with Crippen molar-refractivity contribution in [2.75, 3.05) is 6.61 Å². The van der Waals surface area contributed by atoms with E-state index in [4.69, 9.17) is 9.47 Å². The molecule has 0 aromatic heterocycles. The van der Waals surface area contributed by atoms with Crippen molar-refractivity contribution in [2.45, 2.75) is 108 Å². The first kappa shape index (κ1) is 22.4. The molecule has 0 aromatic carbocycles. The van der Waals surface area contributed by atoms with Crippen molar-refractivity contribution in [3.63, 3.8) is 0 Å². The Morgan fingerprint density at radius 2 is 1.71 bits per heavy atom. The van der Waals surface area contributed by atoms with Crippen LogP contribution in [0, 0.1) is 17.3 Å². The zero-order chi connectivity index (χ0) is 20.9. The van der Waals surface area contributed by atoms with Gasteiger partial charge in [0.1, 0.15) is 24.4 Å². The van der Waals surface area contributed by atoms with Crippen LogP contribution in [0.15, 0.2) is 0 Å². The van der Waals surface area contributed by atoms with Crippen molar-refractivity contribution < 1.29 is 35.0 Å². The maximum absolute atomic E-state index is 11.0. The highest BCUT2D eigenvalue weighted by Gasteiger charge is 2.54. The largest absolute Gasteiger partial charge is 0.394 e. The van der Waals surface area contributed by atoms with Gasteiger partial charge in [-0.15, -0.1) is 0 Å². The normalized spacial score (nSPS) is 50.2. The molecule has 1 heterocycles. The maximum atomic E-state index is 11.0. The number of aliphatic hydroxyl groups excluding tert-OH is 4. The SMILES string of the molecule is CC(C)(O[C@@H]1O[C@H](CO)[C@@H](O)[C@H](O)[C@H]1O)[C@H]1CC[C@]2(C)CCC[C@](C)(O)[C@H]2C1. The first-order valence-corrected chi connectivity index (χ1v) is 10.6. The van der Waals surface area contributed by atoms with Crippen molar-refractivity contribution in [3.05, 3.63) is 0 Å². The second kappa shape index (κ2) is 7.76. The van der Waals surface area contributed by atoms with Crippen molar-refractivity contribution in [1.29, 1.82) is 0 Å². The maximum Gasteiger partial charge on any atom is 0.187 e. The minimum absolute atomic E-state index is 0.136. The number of aliphatic hydroxyl groups is 5. The number of ether oxygens (including phenoxy) is 2. The van der Waals surface area contributed by atoms with Gasteiger partial charge >= 0.3 is 0 Å². The molecule has 164 valence electrons. The van der Waals surface area contributed by atoms with Gasteiger partial charge in [-0.2, -0.15) is 0 Å². The average Bonchev–Trinajstić information content (AvgIpc) is 2.61. The van der Waals surface area contributed by atoms with E-state index in [1.807, 2.05) is 20.8 Å². The fraction of sp³-hybridized carbons (Fsp3) is 1.00. The molecule has 1 saturated heterocycles. The van der Waals surface area contributed by atoms with E-state index in [9.17, 15) is 25.5 Å². The summed E-state index contributed by atoms with van der Waals surface area (Å²) < 4.78 is 11.7. The van der Waals surface area contributed by atoms with Crippen LogP contribution in [0.25, 0.3) is 0 Å². The van der Waals surface area contributed by atoms with E-state index in [0.29, 0.717) is 0 Å². The highest BCUT2D eigenvalue weighted by molar-refractivity contribution is 5.03. The van der Waals surface area contributed by atoms with E-state index in [1.165, 1.54) is 0 Å². The standard InChI is InChI=1S/C21H38O7/c1-19(2,28-18-17(25)16(24)15(23)13(11-22)27-18)12-6-9-20(3)7-5-8-21(4,26)14(20)10-12/h12-18,22-26H,5-11H2,1-4H3/t12-,13+,14-,15+,16-,17+,18-,20-,21-/m0/s1. The molecule has 2 aliphatic carbocycles. The Morgan fingerprint density at radius 3 is 2.36 bits per heavy atom. The highest BCUT2D eigenvalue weighted by atomic mass is 16.7. The van der Waals surface area contributed by atoms with Gasteiger partial charge in [0, 0.05) is 0 Å². The Morgan fingerprint density at radius 1 is 1.04 bits per heavy atom. The molecule has 0 bridgehead atoms. The van der Waals surface area contributed by atoms with Crippen molar-refractivity contribution in [2.24, 2.45) is 17.3 Å². The number of hydrogen-bond donors (Lipinski definition) is 5. The zero-order valence-electron chi connectivity index (χ0n) is 17.5. The third-order valence-electron chi connectivity index (χ3n) is 7.86. The van der Waals surface area contributed by atoms with E-state index >= 15 is 0 Å². The minimum atomic E-state index is -1.44. The topological polar surface area (TPSA) is 120 Å². The highest BCUT2D eigenvalue weighted by Crippen LogP contribution is 2.57. The Balaban J connectivity index is 1.72. The summed E-state index contributed by atoms with van der Waals surface area (Å²) in [5.74, 6) is 0.340. The molecule has 1 aliphatic heterocycles. The second-order valence-electron chi connectivity index (χ2n) is 10.3. The molecule has 2 saturated carbocycles. The molecule has 9 atom stereocenters. The molecule has 3 fully saturated rings. The van der Waals surface area contributed by atoms with Gasteiger partial charge in [0.15, 0.2) is 6.29 Å². The van der Waals surface area contributed by atoms with E-state index in [1.54, 1.807) is 0 Å². The van der Waals surface area contributed by atoms with Crippen molar-refractivity contribution in [1.82, 2.24) is 0 Å². The first-order valence-electron chi connectivity index (χ1n) is 10.6. The van der Waals surface area contributed by atoms with E-state index in [2.05, 4.69) is 6.92 Å². The molecule has 0 unspecified atom stereocenters. The lowest BCUT2D eigenvalue weighted by Crippen LogP contribution is -2.61. The van der Waals surface area contributed by atoms with Crippen LogP contribution in [-0.4, -0.2) is 74.0 Å². The Hall–Kier alpha value is -0.280. The van der Waals surface area contributed by atoms with Crippen LogP contribution >= 0.6 is 0 Å². The lowest BCUT2D eigenvalue weighted by molar-refractivity contribution is -0.331. The molecule has 5 N–H and O–H groups in total. The molecular formula is C21H38O7. The number of rotatable bonds is 4. The van der Waals surface area contributed by atoms with Crippen LogP contribution in [-0.2, 0) is 9.47 Å². The molecule has 28 heavy (non-hydrogen) atoms. The van der Waals surface area contributed by atoms with Gasteiger partial charge in [-0.05, 0) is 70.1 Å². The van der Waals surface area contributed by atoms with Crippen LogP contribution < -0.4 is 0 Å². The molecule has 0 amide bonds. The van der Waals surface area contributed by atoms with Gasteiger partial charge in [-0.1, -0.05) is 13.3 Å². The molecule has 7 heteroatoms. The number of hydrogen-bond acceptors (Lipinski definition) is 7.